The number of aromatic nitrogens is 2. The summed E-state index contributed by atoms with van der Waals surface area (Å²) in [7, 11) is -3.44. The fraction of sp³-hybridized carbons (Fsp3) is 0.389. The number of sulfonamides is 1. The predicted molar refractivity (Wildman–Crippen MR) is 98.6 cm³/mol. The SMILES string of the molecule is CC(=O)c1cnc(NC2CCN(S(=O)(=O)c3ccccc3)CC2)nc1C. The Labute approximate surface area is 153 Å². The summed E-state index contributed by atoms with van der Waals surface area (Å²) in [6.45, 7) is 4.15. The van der Waals surface area contributed by atoms with Crippen LogP contribution in [0.15, 0.2) is 41.4 Å². The van der Waals surface area contributed by atoms with Crippen molar-refractivity contribution in [3.05, 3.63) is 47.8 Å². The Balaban J connectivity index is 1.62. The van der Waals surface area contributed by atoms with Gasteiger partial charge in [0.05, 0.1) is 16.2 Å². The summed E-state index contributed by atoms with van der Waals surface area (Å²) in [6.07, 6.45) is 2.87. The lowest BCUT2D eigenvalue weighted by Gasteiger charge is -2.31. The summed E-state index contributed by atoms with van der Waals surface area (Å²) in [4.78, 5) is 20.3. The first kappa shape index (κ1) is 18.5. The molecule has 0 atom stereocenters. The van der Waals surface area contributed by atoms with Crippen molar-refractivity contribution in [3.63, 3.8) is 0 Å². The van der Waals surface area contributed by atoms with Gasteiger partial charge in [0, 0.05) is 25.3 Å². The minimum atomic E-state index is -3.44. The van der Waals surface area contributed by atoms with Gasteiger partial charge in [0.25, 0.3) is 0 Å². The molecular formula is C18H22N4O3S. The van der Waals surface area contributed by atoms with Crippen LogP contribution >= 0.6 is 0 Å². The molecule has 0 spiro atoms. The quantitative estimate of drug-likeness (QED) is 0.807. The lowest BCUT2D eigenvalue weighted by molar-refractivity contribution is 0.101. The molecule has 1 fully saturated rings. The third kappa shape index (κ3) is 3.91. The molecule has 1 aliphatic heterocycles. The van der Waals surface area contributed by atoms with Gasteiger partial charge < -0.3 is 5.32 Å². The van der Waals surface area contributed by atoms with Gasteiger partial charge in [0.15, 0.2) is 5.78 Å². The van der Waals surface area contributed by atoms with Crippen LogP contribution < -0.4 is 5.32 Å². The van der Waals surface area contributed by atoms with Gasteiger partial charge in [-0.3, -0.25) is 4.79 Å². The van der Waals surface area contributed by atoms with Crippen LogP contribution in [0.2, 0.25) is 0 Å². The molecule has 8 heteroatoms. The minimum absolute atomic E-state index is 0.0616. The summed E-state index contributed by atoms with van der Waals surface area (Å²) in [5, 5.41) is 3.24. The first-order valence-electron chi connectivity index (χ1n) is 8.54. The number of aryl methyl sites for hydroxylation is 1. The molecule has 1 aromatic carbocycles. The van der Waals surface area contributed by atoms with E-state index < -0.39 is 10.0 Å². The van der Waals surface area contributed by atoms with Crippen molar-refractivity contribution in [2.75, 3.05) is 18.4 Å². The molecule has 0 saturated carbocycles. The highest BCUT2D eigenvalue weighted by molar-refractivity contribution is 7.89. The molecule has 0 radical (unpaired) electrons. The first-order valence-corrected chi connectivity index (χ1v) is 9.98. The highest BCUT2D eigenvalue weighted by atomic mass is 32.2. The standard InChI is InChI=1S/C18H22N4O3S/c1-13-17(14(2)23)12-19-18(20-13)21-15-8-10-22(11-9-15)26(24,25)16-6-4-3-5-7-16/h3-7,12,15H,8-11H2,1-2H3,(H,19,20,21). The van der Waals surface area contributed by atoms with Crippen LogP contribution in [0.1, 0.15) is 35.8 Å². The molecule has 1 saturated heterocycles. The lowest BCUT2D eigenvalue weighted by atomic mass is 10.1. The number of nitrogens with zero attached hydrogens (tertiary/aromatic N) is 3. The molecule has 138 valence electrons. The molecule has 0 amide bonds. The van der Waals surface area contributed by atoms with Crippen LogP contribution in [0.4, 0.5) is 5.95 Å². The number of nitrogens with one attached hydrogen (secondary N) is 1. The van der Waals surface area contributed by atoms with Gasteiger partial charge in [0.1, 0.15) is 0 Å². The Morgan fingerprint density at radius 2 is 1.85 bits per heavy atom. The molecular weight excluding hydrogens is 352 g/mol. The Kier molecular flexibility index (Phi) is 5.33. The molecule has 1 aromatic heterocycles. The summed E-state index contributed by atoms with van der Waals surface area (Å²) < 4.78 is 26.8. The summed E-state index contributed by atoms with van der Waals surface area (Å²) in [5.74, 6) is 0.408. The van der Waals surface area contributed by atoms with Crippen molar-refractivity contribution in [1.29, 1.82) is 0 Å². The van der Waals surface area contributed by atoms with Crippen LogP contribution in [-0.2, 0) is 10.0 Å². The number of rotatable bonds is 5. The zero-order valence-electron chi connectivity index (χ0n) is 14.8. The maximum absolute atomic E-state index is 12.6. The van der Waals surface area contributed by atoms with Gasteiger partial charge in [-0.15, -0.1) is 0 Å². The van der Waals surface area contributed by atoms with E-state index in [0.29, 0.717) is 48.0 Å². The second-order valence-corrected chi connectivity index (χ2v) is 8.32. The summed E-state index contributed by atoms with van der Waals surface area (Å²) in [6, 6.07) is 8.59. The number of anilines is 1. The average Bonchev–Trinajstić information content (AvgIpc) is 2.63. The topological polar surface area (TPSA) is 92.3 Å². The van der Waals surface area contributed by atoms with Crippen LogP contribution in [0.5, 0.6) is 0 Å². The smallest absolute Gasteiger partial charge is 0.243 e. The maximum Gasteiger partial charge on any atom is 0.243 e. The highest BCUT2D eigenvalue weighted by Gasteiger charge is 2.29. The van der Waals surface area contributed by atoms with Crippen LogP contribution in [0.25, 0.3) is 0 Å². The van der Waals surface area contributed by atoms with E-state index in [1.54, 1.807) is 37.3 Å². The van der Waals surface area contributed by atoms with Crippen molar-refractivity contribution >= 4 is 21.8 Å². The Morgan fingerprint density at radius 1 is 1.19 bits per heavy atom. The summed E-state index contributed by atoms with van der Waals surface area (Å²) in [5.41, 5.74) is 1.15. The van der Waals surface area contributed by atoms with Gasteiger partial charge in [-0.25, -0.2) is 18.4 Å². The number of carbonyl (C=O) groups is 1. The number of hydrogen-bond acceptors (Lipinski definition) is 6. The van der Waals surface area contributed by atoms with E-state index in [9.17, 15) is 13.2 Å². The Morgan fingerprint density at radius 3 is 2.42 bits per heavy atom. The Hall–Kier alpha value is -2.32. The number of carbonyl (C=O) groups excluding carboxylic acids is 1. The van der Waals surface area contributed by atoms with Gasteiger partial charge in [-0.2, -0.15) is 4.31 Å². The molecule has 1 N–H and O–H groups in total. The van der Waals surface area contributed by atoms with Crippen molar-refractivity contribution in [1.82, 2.24) is 14.3 Å². The van der Waals surface area contributed by atoms with Gasteiger partial charge in [-0.1, -0.05) is 18.2 Å². The largest absolute Gasteiger partial charge is 0.351 e. The van der Waals surface area contributed by atoms with E-state index >= 15 is 0 Å². The van der Waals surface area contributed by atoms with E-state index in [-0.39, 0.29) is 11.8 Å². The van der Waals surface area contributed by atoms with Crippen LogP contribution in [0, 0.1) is 6.92 Å². The maximum atomic E-state index is 12.6. The minimum Gasteiger partial charge on any atom is -0.351 e. The van der Waals surface area contributed by atoms with E-state index in [0.717, 1.165) is 0 Å². The second-order valence-electron chi connectivity index (χ2n) is 6.38. The van der Waals surface area contributed by atoms with Gasteiger partial charge in [0.2, 0.25) is 16.0 Å². The fourth-order valence-corrected chi connectivity index (χ4v) is 4.54. The molecule has 2 aromatic rings. The zero-order chi connectivity index (χ0) is 18.7. The molecule has 0 aliphatic carbocycles. The number of benzene rings is 1. The molecule has 3 rings (SSSR count). The number of Topliss-reactive ketones (excluding diaryl/α,β-unsaturated/α-hetero) is 1. The normalized spacial score (nSPS) is 16.4. The fourth-order valence-electron chi connectivity index (χ4n) is 3.05. The third-order valence-electron chi connectivity index (χ3n) is 4.53. The number of piperidine rings is 1. The number of ketones is 1. The van der Waals surface area contributed by atoms with Crippen LogP contribution in [0.3, 0.4) is 0 Å². The number of hydrogen-bond donors (Lipinski definition) is 1. The zero-order valence-corrected chi connectivity index (χ0v) is 15.7. The molecule has 7 nitrogen and oxygen atoms in total. The van der Waals surface area contributed by atoms with E-state index in [2.05, 4.69) is 15.3 Å². The molecule has 0 bridgehead atoms. The van der Waals surface area contributed by atoms with Gasteiger partial charge >= 0.3 is 0 Å². The average molecular weight is 374 g/mol. The van der Waals surface area contributed by atoms with E-state index in [4.69, 9.17) is 0 Å². The lowest BCUT2D eigenvalue weighted by Crippen LogP contribution is -2.42. The van der Waals surface area contributed by atoms with Crippen molar-refractivity contribution in [2.45, 2.75) is 37.6 Å². The summed E-state index contributed by atoms with van der Waals surface area (Å²) >= 11 is 0. The molecule has 26 heavy (non-hydrogen) atoms. The third-order valence-corrected chi connectivity index (χ3v) is 6.44. The molecule has 2 heterocycles. The molecule has 0 unspecified atom stereocenters. The second kappa shape index (κ2) is 7.51. The Bertz CT molecular complexity index is 892. The highest BCUT2D eigenvalue weighted by Crippen LogP contribution is 2.22. The van der Waals surface area contributed by atoms with Gasteiger partial charge in [-0.05, 0) is 38.8 Å². The van der Waals surface area contributed by atoms with Crippen molar-refractivity contribution < 1.29 is 13.2 Å². The van der Waals surface area contributed by atoms with Crippen molar-refractivity contribution in [2.24, 2.45) is 0 Å². The van der Waals surface area contributed by atoms with Crippen molar-refractivity contribution in [3.8, 4) is 0 Å². The first-order chi connectivity index (χ1) is 12.4. The van der Waals surface area contributed by atoms with E-state index in [1.807, 2.05) is 0 Å². The molecule has 1 aliphatic rings. The van der Waals surface area contributed by atoms with E-state index in [1.165, 1.54) is 17.4 Å². The van der Waals surface area contributed by atoms with Crippen LogP contribution in [-0.4, -0.2) is 47.6 Å². The predicted octanol–water partition coefficient (Wildman–Crippen LogP) is 2.25. The monoisotopic (exact) mass is 374 g/mol.